The number of hydrogen-bond donors (Lipinski definition) is 2. The summed E-state index contributed by atoms with van der Waals surface area (Å²) >= 11 is 0. The zero-order chi connectivity index (χ0) is 20.3. The summed E-state index contributed by atoms with van der Waals surface area (Å²) in [6.45, 7) is 6.25. The second-order valence-electron chi connectivity index (χ2n) is 7.02. The topological polar surface area (TPSA) is 66.0 Å². The molecule has 29 heavy (non-hydrogen) atoms. The molecule has 2 aromatic rings. The van der Waals surface area contributed by atoms with Gasteiger partial charge in [-0.2, -0.15) is 0 Å². The minimum absolute atomic E-state index is 0.260. The monoisotopic (exact) mass is 394 g/mol. The summed E-state index contributed by atoms with van der Waals surface area (Å²) in [5, 5.41) is 6.55. The smallest absolute Gasteiger partial charge is 0.222 e. The minimum atomic E-state index is 0.260. The van der Waals surface area contributed by atoms with Crippen LogP contribution in [0.1, 0.15) is 30.9 Å². The molecule has 1 saturated heterocycles. The zero-order valence-corrected chi connectivity index (χ0v) is 17.1. The SMILES string of the molecule is CCNC(=NCc1ccc(CN2CCCC2=O)cc1)NCCOc1ccccc1. The van der Waals surface area contributed by atoms with Crippen LogP contribution >= 0.6 is 0 Å². The Bertz CT molecular complexity index is 790. The Morgan fingerprint density at radius 1 is 1.07 bits per heavy atom. The Morgan fingerprint density at radius 2 is 1.83 bits per heavy atom. The fourth-order valence-corrected chi connectivity index (χ4v) is 3.21. The van der Waals surface area contributed by atoms with Crippen LogP contribution < -0.4 is 15.4 Å². The van der Waals surface area contributed by atoms with E-state index in [4.69, 9.17) is 4.74 Å². The summed E-state index contributed by atoms with van der Waals surface area (Å²) < 4.78 is 5.70. The third-order valence-corrected chi connectivity index (χ3v) is 4.74. The highest BCUT2D eigenvalue weighted by Gasteiger charge is 2.19. The van der Waals surface area contributed by atoms with Gasteiger partial charge in [-0.15, -0.1) is 0 Å². The van der Waals surface area contributed by atoms with Crippen LogP contribution in [-0.2, 0) is 17.9 Å². The summed E-state index contributed by atoms with van der Waals surface area (Å²) in [5.74, 6) is 1.90. The van der Waals surface area contributed by atoms with Crippen LogP contribution in [0, 0.1) is 0 Å². The van der Waals surface area contributed by atoms with E-state index in [1.807, 2.05) is 42.2 Å². The third-order valence-electron chi connectivity index (χ3n) is 4.74. The molecule has 0 bridgehead atoms. The van der Waals surface area contributed by atoms with Gasteiger partial charge in [0.2, 0.25) is 5.91 Å². The van der Waals surface area contributed by atoms with Crippen LogP contribution in [-0.4, -0.2) is 43.0 Å². The van der Waals surface area contributed by atoms with Gasteiger partial charge in [-0.05, 0) is 36.6 Å². The maximum Gasteiger partial charge on any atom is 0.222 e. The summed E-state index contributed by atoms with van der Waals surface area (Å²) in [6, 6.07) is 18.1. The van der Waals surface area contributed by atoms with Crippen molar-refractivity contribution in [2.75, 3.05) is 26.2 Å². The number of para-hydroxylation sites is 1. The number of likely N-dealkylation sites (tertiary alicyclic amines) is 1. The predicted octanol–water partition coefficient (Wildman–Crippen LogP) is 2.94. The Morgan fingerprint density at radius 3 is 2.52 bits per heavy atom. The number of carbonyl (C=O) groups is 1. The lowest BCUT2D eigenvalue weighted by Gasteiger charge is -2.15. The molecule has 1 amide bonds. The van der Waals surface area contributed by atoms with Gasteiger partial charge in [-0.1, -0.05) is 42.5 Å². The van der Waals surface area contributed by atoms with E-state index in [0.29, 0.717) is 32.7 Å². The average molecular weight is 395 g/mol. The van der Waals surface area contributed by atoms with Crippen molar-refractivity contribution in [3.05, 3.63) is 65.7 Å². The van der Waals surface area contributed by atoms with Crippen molar-refractivity contribution in [2.45, 2.75) is 32.9 Å². The van der Waals surface area contributed by atoms with Crippen LogP contribution in [0.15, 0.2) is 59.6 Å². The molecule has 0 spiro atoms. The molecular weight excluding hydrogens is 364 g/mol. The van der Waals surface area contributed by atoms with E-state index < -0.39 is 0 Å². The van der Waals surface area contributed by atoms with Gasteiger partial charge in [0.05, 0.1) is 13.1 Å². The lowest BCUT2D eigenvalue weighted by molar-refractivity contribution is -0.128. The Hall–Kier alpha value is -3.02. The average Bonchev–Trinajstić information content (AvgIpc) is 3.15. The Labute approximate surface area is 173 Å². The van der Waals surface area contributed by atoms with E-state index in [9.17, 15) is 4.79 Å². The summed E-state index contributed by atoms with van der Waals surface area (Å²) in [6.07, 6.45) is 1.66. The van der Waals surface area contributed by atoms with E-state index in [-0.39, 0.29) is 5.91 Å². The van der Waals surface area contributed by atoms with Crippen LogP contribution in [0.5, 0.6) is 5.75 Å². The van der Waals surface area contributed by atoms with E-state index in [1.165, 1.54) is 0 Å². The molecule has 0 radical (unpaired) electrons. The summed E-state index contributed by atoms with van der Waals surface area (Å²) in [5.41, 5.74) is 2.30. The van der Waals surface area contributed by atoms with Crippen LogP contribution in [0.2, 0.25) is 0 Å². The molecule has 0 unspecified atom stereocenters. The molecule has 2 aromatic carbocycles. The zero-order valence-electron chi connectivity index (χ0n) is 17.1. The van der Waals surface area contributed by atoms with Gasteiger partial charge in [0.1, 0.15) is 12.4 Å². The summed E-state index contributed by atoms with van der Waals surface area (Å²) in [7, 11) is 0. The quantitative estimate of drug-likeness (QED) is 0.390. The van der Waals surface area contributed by atoms with E-state index in [2.05, 4.69) is 39.9 Å². The lowest BCUT2D eigenvalue weighted by atomic mass is 10.1. The highest BCUT2D eigenvalue weighted by atomic mass is 16.5. The number of carbonyl (C=O) groups excluding carboxylic acids is 1. The first-order valence-corrected chi connectivity index (χ1v) is 10.3. The second kappa shape index (κ2) is 11.1. The number of guanidine groups is 1. The molecule has 1 fully saturated rings. The van der Waals surface area contributed by atoms with E-state index >= 15 is 0 Å². The molecule has 154 valence electrons. The standard InChI is InChI=1S/C23H30N4O2/c1-2-24-23(25-14-16-29-21-7-4-3-5-8-21)26-17-19-10-12-20(13-11-19)18-27-15-6-9-22(27)28/h3-5,7-8,10-13H,2,6,9,14-18H2,1H3,(H2,24,25,26). The maximum absolute atomic E-state index is 11.8. The molecule has 0 aromatic heterocycles. The van der Waals surface area contributed by atoms with Crippen molar-refractivity contribution in [2.24, 2.45) is 4.99 Å². The van der Waals surface area contributed by atoms with Crippen molar-refractivity contribution >= 4 is 11.9 Å². The first kappa shape index (κ1) is 20.7. The molecule has 0 saturated carbocycles. The van der Waals surface area contributed by atoms with E-state index in [1.54, 1.807) is 0 Å². The van der Waals surface area contributed by atoms with Crippen molar-refractivity contribution < 1.29 is 9.53 Å². The first-order chi connectivity index (χ1) is 14.2. The molecule has 0 atom stereocenters. The van der Waals surface area contributed by atoms with Crippen molar-refractivity contribution in [1.29, 1.82) is 0 Å². The molecule has 1 aliphatic rings. The number of aliphatic imine (C=N–C) groups is 1. The van der Waals surface area contributed by atoms with Gasteiger partial charge >= 0.3 is 0 Å². The Balaban J connectivity index is 1.45. The third kappa shape index (κ3) is 6.82. The maximum atomic E-state index is 11.8. The fourth-order valence-electron chi connectivity index (χ4n) is 3.21. The van der Waals surface area contributed by atoms with Crippen molar-refractivity contribution in [3.8, 4) is 5.75 Å². The molecule has 6 nitrogen and oxygen atoms in total. The number of nitrogens with one attached hydrogen (secondary N) is 2. The Kier molecular flexibility index (Phi) is 7.92. The van der Waals surface area contributed by atoms with Gasteiger partial charge in [0.15, 0.2) is 5.96 Å². The molecule has 3 rings (SSSR count). The van der Waals surface area contributed by atoms with Crippen LogP contribution in [0.4, 0.5) is 0 Å². The van der Waals surface area contributed by atoms with Gasteiger partial charge in [-0.25, -0.2) is 4.99 Å². The minimum Gasteiger partial charge on any atom is -0.492 e. The first-order valence-electron chi connectivity index (χ1n) is 10.3. The van der Waals surface area contributed by atoms with Gasteiger partial charge in [-0.3, -0.25) is 4.79 Å². The largest absolute Gasteiger partial charge is 0.492 e. The highest BCUT2D eigenvalue weighted by molar-refractivity contribution is 5.79. The number of hydrogen-bond acceptors (Lipinski definition) is 3. The number of rotatable bonds is 9. The number of benzene rings is 2. The molecular formula is C23H30N4O2. The van der Waals surface area contributed by atoms with Crippen LogP contribution in [0.25, 0.3) is 0 Å². The molecule has 6 heteroatoms. The molecule has 1 aliphatic heterocycles. The fraction of sp³-hybridized carbons (Fsp3) is 0.391. The van der Waals surface area contributed by atoms with Gasteiger partial charge in [0, 0.05) is 26.1 Å². The molecule has 0 aliphatic carbocycles. The number of ether oxygens (including phenoxy) is 1. The predicted molar refractivity (Wildman–Crippen MR) is 116 cm³/mol. The second-order valence-corrected chi connectivity index (χ2v) is 7.02. The number of amides is 1. The van der Waals surface area contributed by atoms with Gasteiger partial charge < -0.3 is 20.3 Å². The van der Waals surface area contributed by atoms with E-state index in [0.717, 1.165) is 42.3 Å². The van der Waals surface area contributed by atoms with Gasteiger partial charge in [0.25, 0.3) is 0 Å². The number of nitrogens with zero attached hydrogens (tertiary/aromatic N) is 2. The van der Waals surface area contributed by atoms with Crippen molar-refractivity contribution in [1.82, 2.24) is 15.5 Å². The lowest BCUT2D eigenvalue weighted by Crippen LogP contribution is -2.39. The highest BCUT2D eigenvalue weighted by Crippen LogP contribution is 2.15. The van der Waals surface area contributed by atoms with Crippen molar-refractivity contribution in [3.63, 3.8) is 0 Å². The van der Waals surface area contributed by atoms with Crippen LogP contribution in [0.3, 0.4) is 0 Å². The molecule has 1 heterocycles. The normalized spacial score (nSPS) is 14.2. The summed E-state index contributed by atoms with van der Waals surface area (Å²) in [4.78, 5) is 18.3. The molecule has 2 N–H and O–H groups in total.